The number of thioether (sulfide) groups is 1. The van der Waals surface area contributed by atoms with E-state index in [1.165, 1.54) is 19.0 Å². The van der Waals surface area contributed by atoms with Gasteiger partial charge in [-0.3, -0.25) is 4.79 Å². The fraction of sp³-hybridized carbons (Fsp3) is 0.368. The van der Waals surface area contributed by atoms with Crippen LogP contribution in [0, 0.1) is 17.2 Å². The van der Waals surface area contributed by atoms with Gasteiger partial charge in [-0.1, -0.05) is 0 Å². The van der Waals surface area contributed by atoms with Gasteiger partial charge in [-0.2, -0.15) is 5.26 Å². The number of fused-ring (bicyclic) bond motifs is 1. The number of amides is 1. The molecule has 0 aromatic heterocycles. The summed E-state index contributed by atoms with van der Waals surface area (Å²) in [6.45, 7) is 2.77. The molecule has 4 N–H and O–H groups in total. The molecule has 2 aliphatic rings. The summed E-state index contributed by atoms with van der Waals surface area (Å²) < 4.78 is 0. The number of nitrogens with two attached hydrogens (primary N) is 2. The van der Waals surface area contributed by atoms with Crippen LogP contribution in [0.2, 0.25) is 0 Å². The maximum Gasteiger partial charge on any atom is 0.255 e. The molecule has 130 valence electrons. The normalized spacial score (nSPS) is 18.9. The fourth-order valence-electron chi connectivity index (χ4n) is 3.36. The van der Waals surface area contributed by atoms with Crippen molar-refractivity contribution < 1.29 is 4.79 Å². The average Bonchev–Trinajstić information content (AvgIpc) is 3.42. The van der Waals surface area contributed by atoms with E-state index in [1.54, 1.807) is 17.8 Å². The molecule has 3 rings (SSSR count). The first-order valence-corrected chi connectivity index (χ1v) is 9.54. The Bertz CT molecular complexity index is 817. The summed E-state index contributed by atoms with van der Waals surface area (Å²) in [4.78, 5) is 15.8. The fourth-order valence-corrected chi connectivity index (χ4v) is 4.02. The summed E-state index contributed by atoms with van der Waals surface area (Å²) in [6.07, 6.45) is 7.38. The largest absolute Gasteiger partial charge is 0.404 e. The van der Waals surface area contributed by atoms with Crippen LogP contribution in [0.4, 0.5) is 0 Å². The summed E-state index contributed by atoms with van der Waals surface area (Å²) in [5, 5.41) is 8.90. The van der Waals surface area contributed by atoms with E-state index in [-0.39, 0.29) is 17.6 Å². The van der Waals surface area contributed by atoms with Crippen molar-refractivity contribution in [3.63, 3.8) is 0 Å². The molecule has 1 atom stereocenters. The smallest absolute Gasteiger partial charge is 0.255 e. The number of hydrogen-bond acceptors (Lipinski definition) is 5. The number of hydrogen-bond donors (Lipinski definition) is 2. The Hall–Kier alpha value is -2.39. The highest BCUT2D eigenvalue weighted by atomic mass is 32.2. The van der Waals surface area contributed by atoms with Gasteiger partial charge in [0, 0.05) is 23.7 Å². The van der Waals surface area contributed by atoms with Crippen LogP contribution in [0.1, 0.15) is 41.3 Å². The molecule has 0 bridgehead atoms. The predicted octanol–water partition coefficient (Wildman–Crippen LogP) is 2.83. The SMILES string of the molecule is CSc1cc(C(/C=C(\N)C#N)=C/N)cc2c1C(=O)N(C(C)C1CC1)C2. The lowest BCUT2D eigenvalue weighted by Gasteiger charge is -2.24. The number of carbonyl (C=O) groups excluding carboxylic acids is 1. The van der Waals surface area contributed by atoms with Gasteiger partial charge in [-0.05, 0) is 66.8 Å². The summed E-state index contributed by atoms with van der Waals surface area (Å²) in [7, 11) is 0. The summed E-state index contributed by atoms with van der Waals surface area (Å²) in [5.74, 6) is 0.754. The van der Waals surface area contributed by atoms with E-state index in [4.69, 9.17) is 16.7 Å². The highest BCUT2D eigenvalue weighted by molar-refractivity contribution is 7.98. The Balaban J connectivity index is 2.01. The summed E-state index contributed by atoms with van der Waals surface area (Å²) in [6, 6.07) is 6.12. The Morgan fingerprint density at radius 1 is 1.48 bits per heavy atom. The maximum absolute atomic E-state index is 12.9. The van der Waals surface area contributed by atoms with E-state index in [0.717, 1.165) is 21.6 Å². The van der Waals surface area contributed by atoms with Crippen LogP contribution in [0.15, 0.2) is 35.0 Å². The molecule has 1 amide bonds. The number of benzene rings is 1. The number of carbonyl (C=O) groups is 1. The first kappa shape index (κ1) is 17.4. The van der Waals surface area contributed by atoms with Gasteiger partial charge in [0.1, 0.15) is 11.8 Å². The van der Waals surface area contributed by atoms with Gasteiger partial charge in [0.15, 0.2) is 0 Å². The molecular formula is C19H22N4OS. The molecule has 0 saturated heterocycles. The number of rotatable bonds is 5. The monoisotopic (exact) mass is 354 g/mol. The lowest BCUT2D eigenvalue weighted by atomic mass is 10.00. The number of nitriles is 1. The van der Waals surface area contributed by atoms with Crippen molar-refractivity contribution in [2.45, 2.75) is 37.2 Å². The zero-order valence-electron chi connectivity index (χ0n) is 14.5. The third-order valence-corrected chi connectivity index (χ3v) is 5.73. The molecule has 1 heterocycles. The molecule has 1 unspecified atom stereocenters. The molecule has 1 saturated carbocycles. The van der Waals surface area contributed by atoms with Crippen LogP contribution in [0.3, 0.4) is 0 Å². The standard InChI is InChI=1S/C19H22N4OS/c1-11(12-3-4-12)23-10-15-5-13(14(8-20)6-16(22)9-21)7-17(25-2)18(15)19(23)24/h5-8,11-12H,3-4,10,20,22H2,1-2H3/b14-8+,16-6-. The molecule has 5 nitrogen and oxygen atoms in total. The summed E-state index contributed by atoms with van der Waals surface area (Å²) in [5.41, 5.74) is 14.8. The van der Waals surface area contributed by atoms with E-state index in [9.17, 15) is 4.79 Å². The van der Waals surface area contributed by atoms with Crippen molar-refractivity contribution in [3.8, 4) is 6.07 Å². The predicted molar refractivity (Wildman–Crippen MR) is 100 cm³/mol. The molecule has 0 spiro atoms. The van der Waals surface area contributed by atoms with Crippen LogP contribution < -0.4 is 11.5 Å². The Morgan fingerprint density at radius 2 is 2.20 bits per heavy atom. The average molecular weight is 354 g/mol. The lowest BCUT2D eigenvalue weighted by Crippen LogP contribution is -2.34. The summed E-state index contributed by atoms with van der Waals surface area (Å²) >= 11 is 1.55. The second kappa shape index (κ2) is 6.85. The zero-order chi connectivity index (χ0) is 18.1. The van der Waals surface area contributed by atoms with E-state index in [0.29, 0.717) is 18.0 Å². The third kappa shape index (κ3) is 3.24. The van der Waals surface area contributed by atoms with E-state index in [1.807, 2.05) is 29.4 Å². The van der Waals surface area contributed by atoms with E-state index >= 15 is 0 Å². The van der Waals surface area contributed by atoms with Gasteiger partial charge in [-0.25, -0.2) is 0 Å². The Morgan fingerprint density at radius 3 is 2.76 bits per heavy atom. The first-order chi connectivity index (χ1) is 12.0. The lowest BCUT2D eigenvalue weighted by molar-refractivity contribution is 0.0695. The van der Waals surface area contributed by atoms with Gasteiger partial charge in [-0.15, -0.1) is 11.8 Å². The van der Waals surface area contributed by atoms with Crippen LogP contribution in [0.25, 0.3) is 5.57 Å². The molecule has 25 heavy (non-hydrogen) atoms. The van der Waals surface area contributed by atoms with Gasteiger partial charge < -0.3 is 16.4 Å². The minimum absolute atomic E-state index is 0.1000. The number of allylic oxidation sites excluding steroid dienone is 3. The molecular weight excluding hydrogens is 332 g/mol. The van der Waals surface area contributed by atoms with Crippen molar-refractivity contribution >= 4 is 23.2 Å². The molecule has 1 aliphatic carbocycles. The van der Waals surface area contributed by atoms with Gasteiger partial charge in [0.25, 0.3) is 5.91 Å². The Kier molecular flexibility index (Phi) is 4.78. The molecule has 1 aromatic rings. The maximum atomic E-state index is 12.9. The van der Waals surface area contributed by atoms with Crippen molar-refractivity contribution in [2.75, 3.05) is 6.26 Å². The van der Waals surface area contributed by atoms with Crippen LogP contribution in [-0.4, -0.2) is 23.1 Å². The Labute approximate surface area is 152 Å². The minimum atomic E-state index is 0.1000. The molecule has 1 fully saturated rings. The topological polar surface area (TPSA) is 96.1 Å². The van der Waals surface area contributed by atoms with Crippen LogP contribution in [0.5, 0.6) is 0 Å². The molecule has 0 radical (unpaired) electrons. The zero-order valence-corrected chi connectivity index (χ0v) is 15.3. The number of nitrogens with zero attached hydrogens (tertiary/aromatic N) is 2. The van der Waals surface area contributed by atoms with Crippen molar-refractivity contribution in [3.05, 3.63) is 46.8 Å². The highest BCUT2D eigenvalue weighted by Crippen LogP contribution is 2.41. The van der Waals surface area contributed by atoms with Gasteiger partial charge >= 0.3 is 0 Å². The third-order valence-electron chi connectivity index (χ3n) is 4.97. The van der Waals surface area contributed by atoms with Crippen LogP contribution >= 0.6 is 11.8 Å². The molecule has 1 aromatic carbocycles. The van der Waals surface area contributed by atoms with Crippen molar-refractivity contribution in [1.82, 2.24) is 4.90 Å². The van der Waals surface area contributed by atoms with Crippen molar-refractivity contribution in [2.24, 2.45) is 17.4 Å². The molecule has 1 aliphatic heterocycles. The first-order valence-electron chi connectivity index (χ1n) is 8.31. The van der Waals surface area contributed by atoms with Crippen molar-refractivity contribution in [1.29, 1.82) is 5.26 Å². The quantitative estimate of drug-likeness (QED) is 0.481. The van der Waals surface area contributed by atoms with Crippen LogP contribution in [-0.2, 0) is 6.54 Å². The second-order valence-electron chi connectivity index (χ2n) is 6.56. The highest BCUT2D eigenvalue weighted by Gasteiger charge is 2.39. The minimum Gasteiger partial charge on any atom is -0.404 e. The van der Waals surface area contributed by atoms with E-state index in [2.05, 4.69) is 6.92 Å². The second-order valence-corrected chi connectivity index (χ2v) is 7.41. The van der Waals surface area contributed by atoms with Gasteiger partial charge in [0.05, 0.1) is 5.56 Å². The van der Waals surface area contributed by atoms with Gasteiger partial charge in [0.2, 0.25) is 0 Å². The van der Waals surface area contributed by atoms with E-state index < -0.39 is 0 Å². The molecule has 6 heteroatoms.